The third kappa shape index (κ3) is 3.26. The molecule has 1 amide bonds. The number of hydrogen-bond donors (Lipinski definition) is 2. The van der Waals surface area contributed by atoms with Crippen molar-refractivity contribution < 1.29 is 4.79 Å². The summed E-state index contributed by atoms with van der Waals surface area (Å²) < 4.78 is 0. The maximum absolute atomic E-state index is 12.3. The highest BCUT2D eigenvalue weighted by molar-refractivity contribution is 5.95. The van der Waals surface area contributed by atoms with Gasteiger partial charge in [-0.3, -0.25) is 4.79 Å². The second-order valence-corrected chi connectivity index (χ2v) is 4.77. The summed E-state index contributed by atoms with van der Waals surface area (Å²) in [4.78, 5) is 12.3. The van der Waals surface area contributed by atoms with Gasteiger partial charge in [-0.2, -0.15) is 10.2 Å². The van der Waals surface area contributed by atoms with Gasteiger partial charge in [-0.05, 0) is 32.8 Å². The topological polar surface area (TPSA) is 80.9 Å². The highest BCUT2D eigenvalue weighted by Crippen LogP contribution is 2.12. The molecule has 18 heavy (non-hydrogen) atoms. The highest BCUT2D eigenvalue weighted by Gasteiger charge is 2.24. The molecular weight excluding hydrogens is 228 g/mol. The minimum absolute atomic E-state index is 0.125. The van der Waals surface area contributed by atoms with Crippen molar-refractivity contribution >= 4 is 5.91 Å². The van der Waals surface area contributed by atoms with Crippen LogP contribution >= 0.6 is 0 Å². The Morgan fingerprint density at radius 1 is 1.44 bits per heavy atom. The minimum atomic E-state index is -0.376. The van der Waals surface area contributed by atoms with Crippen LogP contribution in [0.15, 0.2) is 6.07 Å². The summed E-state index contributed by atoms with van der Waals surface area (Å²) in [7, 11) is 0. The molecule has 0 aliphatic heterocycles. The quantitative estimate of drug-likeness (QED) is 0.823. The van der Waals surface area contributed by atoms with Gasteiger partial charge in [0.2, 0.25) is 0 Å². The molecule has 0 bridgehead atoms. The summed E-state index contributed by atoms with van der Waals surface area (Å²) in [6, 6.07) is 1.77. The molecule has 0 saturated heterocycles. The first-order valence-corrected chi connectivity index (χ1v) is 6.31. The van der Waals surface area contributed by atoms with Gasteiger partial charge >= 0.3 is 0 Å². The van der Waals surface area contributed by atoms with E-state index in [1.807, 2.05) is 27.7 Å². The van der Waals surface area contributed by atoms with E-state index < -0.39 is 0 Å². The van der Waals surface area contributed by atoms with E-state index in [0.29, 0.717) is 24.2 Å². The van der Waals surface area contributed by atoms with Crippen molar-refractivity contribution in [2.75, 3.05) is 6.54 Å². The lowest BCUT2D eigenvalue weighted by molar-refractivity contribution is 0.0905. The Morgan fingerprint density at radius 3 is 2.61 bits per heavy atom. The van der Waals surface area contributed by atoms with Crippen LogP contribution in [0.5, 0.6) is 0 Å². The van der Waals surface area contributed by atoms with Crippen LogP contribution in [0.1, 0.15) is 48.9 Å². The van der Waals surface area contributed by atoms with Crippen molar-refractivity contribution in [1.29, 1.82) is 0 Å². The number of nitrogens with one attached hydrogen (secondary N) is 1. The van der Waals surface area contributed by atoms with Gasteiger partial charge in [0.25, 0.3) is 5.91 Å². The SMILES string of the molecule is CCc1nnc(C)cc1C(=O)NC(C)(CC)CN. The molecule has 0 radical (unpaired) electrons. The van der Waals surface area contributed by atoms with Gasteiger partial charge in [-0.1, -0.05) is 13.8 Å². The predicted octanol–water partition coefficient (Wildman–Crippen LogP) is 1.20. The van der Waals surface area contributed by atoms with Crippen LogP contribution < -0.4 is 11.1 Å². The zero-order chi connectivity index (χ0) is 13.8. The Labute approximate surface area is 108 Å². The summed E-state index contributed by atoms with van der Waals surface area (Å²) in [6.07, 6.45) is 1.47. The monoisotopic (exact) mass is 250 g/mol. The van der Waals surface area contributed by atoms with Crippen molar-refractivity contribution in [2.45, 2.75) is 46.1 Å². The van der Waals surface area contributed by atoms with Gasteiger partial charge in [0, 0.05) is 12.1 Å². The summed E-state index contributed by atoms with van der Waals surface area (Å²) in [6.45, 7) is 8.14. The molecule has 5 heteroatoms. The number of rotatable bonds is 5. The lowest BCUT2D eigenvalue weighted by atomic mass is 9.98. The van der Waals surface area contributed by atoms with Gasteiger partial charge in [0.15, 0.2) is 0 Å². The average Bonchev–Trinajstić information content (AvgIpc) is 2.38. The molecule has 0 saturated carbocycles. The first-order chi connectivity index (χ1) is 8.45. The van der Waals surface area contributed by atoms with E-state index in [-0.39, 0.29) is 11.4 Å². The third-order valence-electron chi connectivity index (χ3n) is 3.22. The Morgan fingerprint density at radius 2 is 2.11 bits per heavy atom. The Hall–Kier alpha value is -1.49. The third-order valence-corrected chi connectivity index (χ3v) is 3.22. The first kappa shape index (κ1) is 14.6. The van der Waals surface area contributed by atoms with Gasteiger partial charge in [-0.15, -0.1) is 0 Å². The van der Waals surface area contributed by atoms with Crippen LogP contribution in [0.3, 0.4) is 0 Å². The second kappa shape index (κ2) is 5.91. The molecule has 100 valence electrons. The van der Waals surface area contributed by atoms with Crippen LogP contribution in [0.25, 0.3) is 0 Å². The van der Waals surface area contributed by atoms with E-state index in [2.05, 4.69) is 15.5 Å². The summed E-state index contributed by atoms with van der Waals surface area (Å²) in [5.74, 6) is -0.125. The zero-order valence-electron chi connectivity index (χ0n) is 11.6. The summed E-state index contributed by atoms with van der Waals surface area (Å²) >= 11 is 0. The standard InChI is InChI=1S/C13H22N4O/c1-5-11-10(7-9(3)16-17-11)12(18)15-13(4,6-2)8-14/h7H,5-6,8,14H2,1-4H3,(H,15,18). The smallest absolute Gasteiger partial charge is 0.253 e. The fourth-order valence-electron chi connectivity index (χ4n) is 1.60. The molecule has 1 rings (SSSR count). The molecule has 1 aromatic rings. The Balaban J connectivity index is 3.00. The largest absolute Gasteiger partial charge is 0.346 e. The maximum Gasteiger partial charge on any atom is 0.253 e. The lowest BCUT2D eigenvalue weighted by Crippen LogP contribution is -2.51. The first-order valence-electron chi connectivity index (χ1n) is 6.31. The Kier molecular flexibility index (Phi) is 4.78. The molecule has 1 heterocycles. The predicted molar refractivity (Wildman–Crippen MR) is 71.4 cm³/mol. The summed E-state index contributed by atoms with van der Waals surface area (Å²) in [5.41, 5.74) is 7.38. The number of aromatic nitrogens is 2. The molecule has 0 fully saturated rings. The van der Waals surface area contributed by atoms with Crippen LogP contribution in [0, 0.1) is 6.92 Å². The van der Waals surface area contributed by atoms with Crippen molar-refractivity contribution in [3.8, 4) is 0 Å². The average molecular weight is 250 g/mol. The van der Waals surface area contributed by atoms with E-state index in [1.54, 1.807) is 6.07 Å². The number of carbonyl (C=O) groups excluding carboxylic acids is 1. The number of aryl methyl sites for hydroxylation is 2. The van der Waals surface area contributed by atoms with Gasteiger partial charge in [0.05, 0.1) is 17.0 Å². The van der Waals surface area contributed by atoms with E-state index in [0.717, 1.165) is 12.1 Å². The number of carbonyl (C=O) groups is 1. The summed E-state index contributed by atoms with van der Waals surface area (Å²) in [5, 5.41) is 11.0. The van der Waals surface area contributed by atoms with E-state index in [9.17, 15) is 4.79 Å². The molecular formula is C13H22N4O. The van der Waals surface area contributed by atoms with Crippen molar-refractivity contribution in [3.63, 3.8) is 0 Å². The van der Waals surface area contributed by atoms with E-state index >= 15 is 0 Å². The number of nitrogens with two attached hydrogens (primary N) is 1. The second-order valence-electron chi connectivity index (χ2n) is 4.77. The molecule has 0 aliphatic rings. The van der Waals surface area contributed by atoms with Crippen molar-refractivity contribution in [1.82, 2.24) is 15.5 Å². The molecule has 1 aromatic heterocycles. The molecule has 3 N–H and O–H groups in total. The number of amides is 1. The molecule has 0 aromatic carbocycles. The van der Waals surface area contributed by atoms with Crippen molar-refractivity contribution in [2.24, 2.45) is 5.73 Å². The normalized spacial score (nSPS) is 14.1. The number of hydrogen-bond acceptors (Lipinski definition) is 4. The maximum atomic E-state index is 12.3. The van der Waals surface area contributed by atoms with Crippen LogP contribution in [0.2, 0.25) is 0 Å². The number of nitrogens with zero attached hydrogens (tertiary/aromatic N) is 2. The molecule has 0 spiro atoms. The fourth-order valence-corrected chi connectivity index (χ4v) is 1.60. The molecule has 5 nitrogen and oxygen atoms in total. The van der Waals surface area contributed by atoms with Gasteiger partial charge in [-0.25, -0.2) is 0 Å². The van der Waals surface area contributed by atoms with Crippen LogP contribution in [0.4, 0.5) is 0 Å². The van der Waals surface area contributed by atoms with Crippen LogP contribution in [-0.4, -0.2) is 28.2 Å². The van der Waals surface area contributed by atoms with Crippen molar-refractivity contribution in [3.05, 3.63) is 23.0 Å². The van der Waals surface area contributed by atoms with Gasteiger partial charge in [0.1, 0.15) is 0 Å². The Bertz CT molecular complexity index is 427. The molecule has 1 unspecified atom stereocenters. The van der Waals surface area contributed by atoms with Gasteiger partial charge < -0.3 is 11.1 Å². The van der Waals surface area contributed by atoms with E-state index in [1.165, 1.54) is 0 Å². The lowest BCUT2D eigenvalue weighted by Gasteiger charge is -2.28. The molecule has 1 atom stereocenters. The van der Waals surface area contributed by atoms with E-state index in [4.69, 9.17) is 5.73 Å². The zero-order valence-corrected chi connectivity index (χ0v) is 11.6. The highest BCUT2D eigenvalue weighted by atomic mass is 16.1. The minimum Gasteiger partial charge on any atom is -0.346 e. The fraction of sp³-hybridized carbons (Fsp3) is 0.615. The molecule has 0 aliphatic carbocycles. The van der Waals surface area contributed by atoms with Crippen LogP contribution in [-0.2, 0) is 6.42 Å².